The summed E-state index contributed by atoms with van der Waals surface area (Å²) in [6.45, 7) is 8.34. The van der Waals surface area contributed by atoms with Gasteiger partial charge in [0.25, 0.3) is 52.3 Å². The predicted molar refractivity (Wildman–Crippen MR) is 287 cm³/mol. The number of benzene rings is 3. The Morgan fingerprint density at radius 2 is 1.31 bits per heavy atom. The molecule has 0 bridgehead atoms. The van der Waals surface area contributed by atoms with Crippen LogP contribution < -0.4 is 15.0 Å². The van der Waals surface area contributed by atoms with Gasteiger partial charge >= 0.3 is 0 Å². The number of carbonyl (C=O) groups excluding carboxylic acids is 3. The highest BCUT2D eigenvalue weighted by Gasteiger charge is 2.45. The minimum Gasteiger partial charge on any atom is -0.457 e. The van der Waals surface area contributed by atoms with Crippen LogP contribution in [0.4, 0.5) is 11.4 Å². The van der Waals surface area contributed by atoms with E-state index >= 15 is 0 Å². The van der Waals surface area contributed by atoms with Gasteiger partial charge in [0.05, 0.1) is 26.7 Å². The Hall–Kier alpha value is -6.12. The number of nitrogens with zero attached hydrogens (tertiary/aromatic N) is 3. The quantitative estimate of drug-likeness (QED) is 0.0291. The number of allylic oxidation sites excluding steroid dienone is 7. The molecule has 20 nitrogen and oxygen atoms in total. The summed E-state index contributed by atoms with van der Waals surface area (Å²) < 4.78 is 143. The summed E-state index contributed by atoms with van der Waals surface area (Å²) in [4.78, 5) is 38.9. The lowest BCUT2D eigenvalue weighted by Gasteiger charge is -2.27. The Balaban J connectivity index is 1.26. The zero-order chi connectivity index (χ0) is 56.3. The van der Waals surface area contributed by atoms with Crippen LogP contribution in [-0.2, 0) is 72.1 Å². The highest BCUT2D eigenvalue weighted by molar-refractivity contribution is 7.86. The van der Waals surface area contributed by atoms with Crippen LogP contribution in [-0.4, -0.2) is 122 Å². The van der Waals surface area contributed by atoms with Crippen LogP contribution in [0.25, 0.3) is 0 Å². The molecule has 414 valence electrons. The second-order valence-corrected chi connectivity index (χ2v) is 26.3. The summed E-state index contributed by atoms with van der Waals surface area (Å²) >= 11 is 0. The van der Waals surface area contributed by atoms with Gasteiger partial charge in [0, 0.05) is 79.1 Å². The first-order valence-corrected chi connectivity index (χ1v) is 31.0. The molecular formula is C53H63N4O16S4+. The fourth-order valence-corrected chi connectivity index (χ4v) is 12.2. The lowest BCUT2D eigenvalue weighted by Crippen LogP contribution is -2.38. The largest absolute Gasteiger partial charge is 0.457 e. The Bertz CT molecular complexity index is 3500. The summed E-state index contributed by atoms with van der Waals surface area (Å²) in [5.41, 5.74) is 4.59. The molecule has 0 unspecified atom stereocenters. The van der Waals surface area contributed by atoms with E-state index in [2.05, 4.69) is 5.32 Å². The Morgan fingerprint density at radius 3 is 1.94 bits per heavy atom. The number of ether oxygens (including phenoxy) is 1. The third-order valence-corrected chi connectivity index (χ3v) is 17.4. The predicted octanol–water partition coefficient (Wildman–Crippen LogP) is 6.55. The number of aryl methyl sites for hydroxylation is 1. The van der Waals surface area contributed by atoms with Gasteiger partial charge in [-0.05, 0) is 136 Å². The molecule has 3 heterocycles. The van der Waals surface area contributed by atoms with Crippen LogP contribution in [0.5, 0.6) is 5.75 Å². The van der Waals surface area contributed by atoms with Crippen molar-refractivity contribution in [3.05, 3.63) is 136 Å². The van der Waals surface area contributed by atoms with E-state index in [-0.39, 0.29) is 48.1 Å². The van der Waals surface area contributed by atoms with E-state index in [0.29, 0.717) is 85.6 Å². The first-order valence-electron chi connectivity index (χ1n) is 24.9. The zero-order valence-electron chi connectivity index (χ0n) is 43.0. The van der Waals surface area contributed by atoms with Crippen LogP contribution in [0.2, 0.25) is 0 Å². The standard InChI is InChI=1S/C53H62N4O16S4/c1-52(2)42-34-40(76(67,68)69)19-21-44(42)55(29-5-7-32-74(61,62)63)46(52)23-15-37-10-9-11-38(51(37)73-39-17-12-36(13-18-39)14-25-48(58)54-28-31-57-49(59)26-27-50(57)60)16-24-47-53(3,4)43-35-41(77(70,71)72)20-22-45(43)56(47)30-6-8-33-75(64,65)66/h12-13,15-24,26-27,34-35H,5-11,14,25,28-33H2,1-4H3,(H4-,54,58,61,62,63,64,65,66,67,68,69,70,71,72)/p+1. The smallest absolute Gasteiger partial charge is 0.294 e. The Kier molecular flexibility index (Phi) is 17.5. The van der Waals surface area contributed by atoms with Gasteiger partial charge in [0.2, 0.25) is 11.6 Å². The molecule has 3 amide bonds. The molecule has 3 aliphatic heterocycles. The minimum absolute atomic E-state index is 0.0465. The normalized spacial score (nSPS) is 18.6. The van der Waals surface area contributed by atoms with Crippen molar-refractivity contribution < 1.29 is 75.6 Å². The number of hydrogen-bond acceptors (Lipinski definition) is 13. The van der Waals surface area contributed by atoms with Crippen LogP contribution in [0.1, 0.15) is 95.8 Å². The SMILES string of the molecule is CC1(C)C(/C=C/C2=C(Oc3ccc(CCC(=O)NCCN4C(=O)C=CC4=O)cc3)C(=C/C=C3/N(CCCCS(=O)(=O)O)c4ccc(S(=O)(=O)O)cc4C3(C)C)/CCC2)=[N+](CCCCS(=O)(=O)O)c2ccc(S(=O)(=O)O)cc21. The first kappa shape index (κ1) is 58.6. The number of rotatable bonds is 23. The molecule has 4 aliphatic rings. The average molecular weight is 1140 g/mol. The lowest BCUT2D eigenvalue weighted by molar-refractivity contribution is -0.438. The molecule has 0 radical (unpaired) electrons. The minimum atomic E-state index is -4.58. The van der Waals surface area contributed by atoms with Crippen molar-refractivity contribution in [3.8, 4) is 5.75 Å². The van der Waals surface area contributed by atoms with E-state index in [1.807, 2.05) is 73.6 Å². The second kappa shape index (κ2) is 23.1. The van der Waals surface area contributed by atoms with E-state index in [0.717, 1.165) is 33.0 Å². The maximum absolute atomic E-state index is 12.7. The number of unbranched alkanes of at least 4 members (excludes halogenated alkanes) is 2. The molecule has 0 aromatic heterocycles. The highest BCUT2D eigenvalue weighted by atomic mass is 32.2. The number of anilines is 1. The van der Waals surface area contributed by atoms with Gasteiger partial charge in [0.15, 0.2) is 5.71 Å². The van der Waals surface area contributed by atoms with Crippen molar-refractivity contribution >= 4 is 75.3 Å². The van der Waals surface area contributed by atoms with E-state index in [1.165, 1.54) is 36.4 Å². The van der Waals surface area contributed by atoms with Crippen molar-refractivity contribution in [1.82, 2.24) is 10.2 Å². The zero-order valence-corrected chi connectivity index (χ0v) is 46.3. The molecular weight excluding hydrogens is 1080 g/mol. The number of amides is 3. The van der Waals surface area contributed by atoms with Gasteiger partial charge in [-0.15, -0.1) is 0 Å². The molecule has 7 rings (SSSR count). The highest BCUT2D eigenvalue weighted by Crippen LogP contribution is 2.49. The van der Waals surface area contributed by atoms with Gasteiger partial charge in [0.1, 0.15) is 18.1 Å². The first-order chi connectivity index (χ1) is 35.9. The number of nitrogens with one attached hydrogen (secondary N) is 1. The summed E-state index contributed by atoms with van der Waals surface area (Å²) in [6.07, 6.45) is 13.2. The number of hydrogen-bond donors (Lipinski definition) is 5. The van der Waals surface area contributed by atoms with Crippen molar-refractivity contribution in [3.63, 3.8) is 0 Å². The monoisotopic (exact) mass is 1140 g/mol. The fraction of sp³-hybridized carbons (Fsp3) is 0.396. The molecule has 3 aromatic carbocycles. The lowest BCUT2D eigenvalue weighted by atomic mass is 9.81. The Labute approximate surface area is 449 Å². The van der Waals surface area contributed by atoms with Crippen molar-refractivity contribution in [1.29, 1.82) is 0 Å². The van der Waals surface area contributed by atoms with Gasteiger partial charge in [-0.25, -0.2) is 0 Å². The second-order valence-electron chi connectivity index (χ2n) is 20.3. The van der Waals surface area contributed by atoms with E-state index in [1.54, 1.807) is 24.3 Å². The van der Waals surface area contributed by atoms with E-state index in [4.69, 9.17) is 4.74 Å². The molecule has 0 fully saturated rings. The molecule has 77 heavy (non-hydrogen) atoms. The van der Waals surface area contributed by atoms with Crippen LogP contribution in [0, 0.1) is 0 Å². The molecule has 0 spiro atoms. The molecule has 3 aromatic rings. The van der Waals surface area contributed by atoms with Crippen molar-refractivity contribution in [2.45, 2.75) is 106 Å². The van der Waals surface area contributed by atoms with Gasteiger partial charge in [-0.2, -0.15) is 38.2 Å². The van der Waals surface area contributed by atoms with Crippen molar-refractivity contribution in [2.75, 3.05) is 42.6 Å². The number of carbonyl (C=O) groups is 3. The average Bonchev–Trinajstić information content (AvgIpc) is 4.06. The number of fused-ring (bicyclic) bond motifs is 2. The molecule has 0 atom stereocenters. The van der Waals surface area contributed by atoms with Crippen LogP contribution in [0.3, 0.4) is 0 Å². The van der Waals surface area contributed by atoms with E-state index in [9.17, 15) is 66.3 Å². The fourth-order valence-electron chi connectivity index (χ4n) is 10.1. The Morgan fingerprint density at radius 1 is 0.701 bits per heavy atom. The maximum atomic E-state index is 12.7. The van der Waals surface area contributed by atoms with Gasteiger partial charge in [-0.1, -0.05) is 32.1 Å². The summed E-state index contributed by atoms with van der Waals surface area (Å²) in [5, 5.41) is 2.74. The third-order valence-electron chi connectivity index (χ3n) is 14.1. The molecule has 5 N–H and O–H groups in total. The van der Waals surface area contributed by atoms with Gasteiger partial charge < -0.3 is 15.0 Å². The molecule has 1 aliphatic carbocycles. The third kappa shape index (κ3) is 14.3. The van der Waals surface area contributed by atoms with E-state index < -0.39 is 74.6 Å². The summed E-state index contributed by atoms with van der Waals surface area (Å²) in [6, 6.07) is 15.8. The molecule has 0 saturated heterocycles. The topological polar surface area (TPSA) is 299 Å². The maximum Gasteiger partial charge on any atom is 0.294 e. The van der Waals surface area contributed by atoms with Crippen LogP contribution >= 0.6 is 0 Å². The summed E-state index contributed by atoms with van der Waals surface area (Å²) in [5.74, 6) is -1.08. The number of imide groups is 1. The van der Waals surface area contributed by atoms with Crippen molar-refractivity contribution in [2.24, 2.45) is 0 Å². The summed E-state index contributed by atoms with van der Waals surface area (Å²) in [7, 11) is -17.6. The van der Waals surface area contributed by atoms with Crippen LogP contribution in [0.15, 0.2) is 130 Å². The molecule has 0 saturated carbocycles. The van der Waals surface area contributed by atoms with Gasteiger partial charge in [-0.3, -0.25) is 37.5 Å². The molecule has 24 heteroatoms.